The van der Waals surface area contributed by atoms with E-state index in [0.29, 0.717) is 5.92 Å². The monoisotopic (exact) mass is 257 g/mol. The topological polar surface area (TPSA) is 72.7 Å². The summed E-state index contributed by atoms with van der Waals surface area (Å²) in [7, 11) is 0. The maximum atomic E-state index is 11.9. The number of nitrogens with one attached hydrogen (secondary N) is 1. The Labute approximate surface area is 110 Å². The first-order valence-electron chi connectivity index (χ1n) is 6.30. The fourth-order valence-electron chi connectivity index (χ4n) is 2.13. The highest BCUT2D eigenvalue weighted by molar-refractivity contribution is 5.94. The molecule has 0 aliphatic heterocycles. The number of hydrogen-bond donors (Lipinski definition) is 1. The van der Waals surface area contributed by atoms with Crippen LogP contribution in [0.25, 0.3) is 5.69 Å². The molecule has 2 unspecified atom stereocenters. The minimum Gasteiger partial charge on any atom is -0.326 e. The minimum atomic E-state index is 0.0963. The van der Waals surface area contributed by atoms with E-state index in [1.807, 2.05) is 25.1 Å². The fourth-order valence-corrected chi connectivity index (χ4v) is 2.13. The molecule has 98 valence electrons. The van der Waals surface area contributed by atoms with E-state index in [2.05, 4.69) is 27.8 Å². The molecule has 1 aliphatic carbocycles. The van der Waals surface area contributed by atoms with Crippen molar-refractivity contribution < 1.29 is 4.79 Å². The van der Waals surface area contributed by atoms with Crippen molar-refractivity contribution in [1.29, 1.82) is 0 Å². The van der Waals surface area contributed by atoms with E-state index in [1.165, 1.54) is 6.33 Å². The molecule has 2 aromatic rings. The van der Waals surface area contributed by atoms with Crippen LogP contribution in [0, 0.1) is 18.8 Å². The van der Waals surface area contributed by atoms with Crippen LogP contribution in [0.1, 0.15) is 18.9 Å². The van der Waals surface area contributed by atoms with Crippen LogP contribution in [-0.4, -0.2) is 26.1 Å². The number of aromatic nitrogens is 4. The zero-order chi connectivity index (χ0) is 13.4. The summed E-state index contributed by atoms with van der Waals surface area (Å²) in [6.45, 7) is 4.07. The predicted octanol–water partition coefficient (Wildman–Crippen LogP) is 1.57. The van der Waals surface area contributed by atoms with Crippen molar-refractivity contribution in [2.24, 2.45) is 11.8 Å². The number of tetrazole rings is 1. The van der Waals surface area contributed by atoms with Crippen LogP contribution in [0.3, 0.4) is 0 Å². The number of aryl methyl sites for hydroxylation is 1. The van der Waals surface area contributed by atoms with Gasteiger partial charge in [-0.2, -0.15) is 0 Å². The van der Waals surface area contributed by atoms with Gasteiger partial charge in [-0.05, 0) is 47.4 Å². The van der Waals surface area contributed by atoms with E-state index < -0.39 is 0 Å². The molecule has 1 aliphatic rings. The zero-order valence-electron chi connectivity index (χ0n) is 10.9. The summed E-state index contributed by atoms with van der Waals surface area (Å²) >= 11 is 0. The molecule has 1 aromatic heterocycles. The number of nitrogens with zero attached hydrogens (tertiary/aromatic N) is 4. The van der Waals surface area contributed by atoms with Gasteiger partial charge in [-0.25, -0.2) is 4.68 Å². The smallest absolute Gasteiger partial charge is 0.227 e. The van der Waals surface area contributed by atoms with Crippen LogP contribution in [0.4, 0.5) is 5.69 Å². The Bertz CT molecular complexity index is 608. The minimum absolute atomic E-state index is 0.0963. The largest absolute Gasteiger partial charge is 0.326 e. The molecule has 1 saturated carbocycles. The Hall–Kier alpha value is -2.24. The van der Waals surface area contributed by atoms with Crippen LogP contribution in [-0.2, 0) is 4.79 Å². The summed E-state index contributed by atoms with van der Waals surface area (Å²) in [5.74, 6) is 0.765. The summed E-state index contributed by atoms with van der Waals surface area (Å²) in [4.78, 5) is 11.9. The normalized spacial score (nSPS) is 21.2. The highest BCUT2D eigenvalue weighted by Crippen LogP contribution is 2.38. The summed E-state index contributed by atoms with van der Waals surface area (Å²) in [6, 6.07) is 5.73. The molecule has 3 rings (SSSR count). The van der Waals surface area contributed by atoms with Gasteiger partial charge >= 0.3 is 0 Å². The SMILES string of the molecule is Cc1ccc(NC(=O)C2CC2C)cc1-n1cnnn1. The Kier molecular flexibility index (Phi) is 2.77. The van der Waals surface area contributed by atoms with Crippen LogP contribution in [0.5, 0.6) is 0 Å². The van der Waals surface area contributed by atoms with E-state index in [-0.39, 0.29) is 11.8 Å². The molecule has 6 nitrogen and oxygen atoms in total. The quantitative estimate of drug-likeness (QED) is 0.905. The first-order valence-corrected chi connectivity index (χ1v) is 6.30. The molecule has 19 heavy (non-hydrogen) atoms. The second-order valence-electron chi connectivity index (χ2n) is 5.06. The molecule has 0 radical (unpaired) electrons. The third kappa shape index (κ3) is 2.33. The molecule has 2 atom stereocenters. The Morgan fingerprint density at radius 1 is 1.47 bits per heavy atom. The van der Waals surface area contributed by atoms with E-state index in [1.54, 1.807) is 4.68 Å². The van der Waals surface area contributed by atoms with Crippen LogP contribution in [0.2, 0.25) is 0 Å². The van der Waals surface area contributed by atoms with Gasteiger partial charge in [0, 0.05) is 11.6 Å². The first kappa shape index (κ1) is 11.8. The van der Waals surface area contributed by atoms with Crippen molar-refractivity contribution >= 4 is 11.6 Å². The first-order chi connectivity index (χ1) is 9.15. The molecular weight excluding hydrogens is 242 g/mol. The van der Waals surface area contributed by atoms with Gasteiger partial charge < -0.3 is 5.32 Å². The van der Waals surface area contributed by atoms with Gasteiger partial charge in [-0.3, -0.25) is 4.79 Å². The Balaban J connectivity index is 1.83. The lowest BCUT2D eigenvalue weighted by atomic mass is 10.1. The van der Waals surface area contributed by atoms with E-state index in [4.69, 9.17) is 0 Å². The van der Waals surface area contributed by atoms with Crippen molar-refractivity contribution in [3.8, 4) is 5.69 Å². The Morgan fingerprint density at radius 3 is 2.89 bits per heavy atom. The van der Waals surface area contributed by atoms with Crippen molar-refractivity contribution in [2.45, 2.75) is 20.3 Å². The summed E-state index contributed by atoms with van der Waals surface area (Å²) in [6.07, 6.45) is 2.52. The maximum absolute atomic E-state index is 11.9. The van der Waals surface area contributed by atoms with Crippen molar-refractivity contribution in [2.75, 3.05) is 5.32 Å². The van der Waals surface area contributed by atoms with E-state index >= 15 is 0 Å². The molecule has 1 aromatic carbocycles. The third-order valence-electron chi connectivity index (χ3n) is 3.52. The van der Waals surface area contributed by atoms with Crippen LogP contribution in [0.15, 0.2) is 24.5 Å². The highest BCUT2D eigenvalue weighted by Gasteiger charge is 2.39. The number of anilines is 1. The van der Waals surface area contributed by atoms with Gasteiger partial charge in [-0.15, -0.1) is 5.10 Å². The van der Waals surface area contributed by atoms with Gasteiger partial charge in [0.1, 0.15) is 6.33 Å². The van der Waals surface area contributed by atoms with Gasteiger partial charge in [0.2, 0.25) is 5.91 Å². The van der Waals surface area contributed by atoms with E-state index in [9.17, 15) is 4.79 Å². The second-order valence-corrected chi connectivity index (χ2v) is 5.06. The molecular formula is C13H15N5O. The number of benzene rings is 1. The average molecular weight is 257 g/mol. The average Bonchev–Trinajstić information content (AvgIpc) is 2.91. The van der Waals surface area contributed by atoms with Gasteiger partial charge in [-0.1, -0.05) is 13.0 Å². The highest BCUT2D eigenvalue weighted by atomic mass is 16.2. The molecule has 1 heterocycles. The molecule has 1 amide bonds. The molecule has 6 heteroatoms. The molecule has 0 spiro atoms. The molecule has 0 saturated heterocycles. The lowest BCUT2D eigenvalue weighted by Gasteiger charge is -2.09. The van der Waals surface area contributed by atoms with Gasteiger partial charge in [0.15, 0.2) is 0 Å². The summed E-state index contributed by atoms with van der Waals surface area (Å²) in [5, 5.41) is 14.1. The summed E-state index contributed by atoms with van der Waals surface area (Å²) < 4.78 is 1.59. The fraction of sp³-hybridized carbons (Fsp3) is 0.385. The number of carbonyl (C=O) groups is 1. The number of amides is 1. The van der Waals surface area contributed by atoms with Crippen LogP contribution < -0.4 is 5.32 Å². The third-order valence-corrected chi connectivity index (χ3v) is 3.52. The molecule has 0 bridgehead atoms. The number of carbonyl (C=O) groups excluding carboxylic acids is 1. The molecule has 1 fully saturated rings. The standard InChI is InChI=1S/C13H15N5O/c1-8-3-4-10(15-13(19)11-5-9(11)2)6-12(8)18-7-14-16-17-18/h3-4,6-7,9,11H,5H2,1-2H3,(H,15,19). The van der Waals surface area contributed by atoms with Crippen molar-refractivity contribution in [3.05, 3.63) is 30.1 Å². The molecule has 1 N–H and O–H groups in total. The lowest BCUT2D eigenvalue weighted by molar-refractivity contribution is -0.117. The maximum Gasteiger partial charge on any atom is 0.227 e. The van der Waals surface area contributed by atoms with Crippen molar-refractivity contribution in [3.63, 3.8) is 0 Å². The number of rotatable bonds is 3. The lowest BCUT2D eigenvalue weighted by Crippen LogP contribution is -2.14. The van der Waals surface area contributed by atoms with Crippen molar-refractivity contribution in [1.82, 2.24) is 20.2 Å². The zero-order valence-corrected chi connectivity index (χ0v) is 10.9. The number of hydrogen-bond acceptors (Lipinski definition) is 4. The predicted molar refractivity (Wildman–Crippen MR) is 69.8 cm³/mol. The second kappa shape index (κ2) is 4.46. The van der Waals surface area contributed by atoms with Gasteiger partial charge in [0.05, 0.1) is 5.69 Å². The summed E-state index contributed by atoms with van der Waals surface area (Å²) in [5.41, 5.74) is 2.69. The van der Waals surface area contributed by atoms with Gasteiger partial charge in [0.25, 0.3) is 0 Å². The Morgan fingerprint density at radius 2 is 2.26 bits per heavy atom. The van der Waals surface area contributed by atoms with Crippen LogP contribution >= 0.6 is 0 Å². The van der Waals surface area contributed by atoms with E-state index in [0.717, 1.165) is 23.4 Å².